The molecule has 14 heavy (non-hydrogen) atoms. The molecule has 0 saturated heterocycles. The molecule has 1 heterocycles. The highest BCUT2D eigenvalue weighted by Crippen LogP contribution is 2.21. The molecule has 1 aromatic heterocycles. The van der Waals surface area contributed by atoms with E-state index in [1.165, 1.54) is 6.20 Å². The van der Waals surface area contributed by atoms with Crippen molar-refractivity contribution in [3.63, 3.8) is 0 Å². The van der Waals surface area contributed by atoms with E-state index in [1.54, 1.807) is 23.5 Å². The Morgan fingerprint density at radius 2 is 2.21 bits per heavy atom. The van der Waals surface area contributed by atoms with Crippen LogP contribution in [-0.2, 0) is 6.54 Å². The van der Waals surface area contributed by atoms with Crippen LogP contribution in [0.1, 0.15) is 4.88 Å². The molecule has 0 aliphatic heterocycles. The molecule has 5 heteroatoms. The van der Waals surface area contributed by atoms with Gasteiger partial charge in [-0.15, -0.1) is 11.3 Å². The molecule has 0 amide bonds. The van der Waals surface area contributed by atoms with Crippen LogP contribution in [0.3, 0.4) is 0 Å². The third-order valence-electron chi connectivity index (χ3n) is 1.39. The minimum atomic E-state index is 0.0839. The number of nitriles is 2. The second-order valence-electron chi connectivity index (χ2n) is 2.37. The molecule has 0 aliphatic carbocycles. The summed E-state index contributed by atoms with van der Waals surface area (Å²) >= 11 is 4.96. The SMILES string of the molecule is N#CC(C#N)=CNCc1ccc(Br)s1. The molecule has 1 aromatic rings. The van der Waals surface area contributed by atoms with E-state index in [-0.39, 0.29) is 5.57 Å². The fraction of sp³-hybridized carbons (Fsp3) is 0.111. The van der Waals surface area contributed by atoms with Gasteiger partial charge < -0.3 is 5.32 Å². The molecule has 0 spiro atoms. The first-order valence-corrected chi connectivity index (χ1v) is 5.35. The van der Waals surface area contributed by atoms with Crippen molar-refractivity contribution in [3.8, 4) is 12.1 Å². The third-order valence-corrected chi connectivity index (χ3v) is 3.02. The smallest absolute Gasteiger partial charge is 0.145 e. The number of nitrogens with one attached hydrogen (secondary N) is 1. The van der Waals surface area contributed by atoms with E-state index in [0.717, 1.165) is 8.66 Å². The van der Waals surface area contributed by atoms with Crippen LogP contribution >= 0.6 is 27.3 Å². The zero-order chi connectivity index (χ0) is 10.4. The van der Waals surface area contributed by atoms with E-state index < -0.39 is 0 Å². The van der Waals surface area contributed by atoms with Gasteiger partial charge in [-0.2, -0.15) is 10.5 Å². The van der Waals surface area contributed by atoms with Gasteiger partial charge in [0.15, 0.2) is 0 Å². The lowest BCUT2D eigenvalue weighted by Crippen LogP contribution is -2.03. The molecule has 70 valence electrons. The summed E-state index contributed by atoms with van der Waals surface area (Å²) in [7, 11) is 0. The standard InChI is InChI=1S/C9H6BrN3S/c10-9-2-1-8(14-9)6-13-5-7(3-11)4-12/h1-2,5,13H,6H2. The highest BCUT2D eigenvalue weighted by Gasteiger charge is 1.96. The zero-order valence-electron chi connectivity index (χ0n) is 7.12. The molecule has 3 nitrogen and oxygen atoms in total. The number of allylic oxidation sites excluding steroid dienone is 1. The Kier molecular flexibility index (Phi) is 4.18. The number of rotatable bonds is 3. The summed E-state index contributed by atoms with van der Waals surface area (Å²) in [6.07, 6.45) is 1.42. The first-order valence-electron chi connectivity index (χ1n) is 3.74. The first kappa shape index (κ1) is 10.8. The van der Waals surface area contributed by atoms with Crippen LogP contribution in [0.5, 0.6) is 0 Å². The number of hydrogen-bond donors (Lipinski definition) is 1. The van der Waals surface area contributed by atoms with Gasteiger partial charge in [-0.25, -0.2) is 0 Å². The van der Waals surface area contributed by atoms with Gasteiger partial charge in [0, 0.05) is 17.6 Å². The van der Waals surface area contributed by atoms with Crippen molar-refractivity contribution in [2.24, 2.45) is 0 Å². The predicted octanol–water partition coefficient (Wildman–Crippen LogP) is 2.53. The number of thiophene rings is 1. The summed E-state index contributed by atoms with van der Waals surface area (Å²) in [5.74, 6) is 0. The molecule has 0 radical (unpaired) electrons. The largest absolute Gasteiger partial charge is 0.384 e. The summed E-state index contributed by atoms with van der Waals surface area (Å²) in [6.45, 7) is 0.628. The lowest BCUT2D eigenvalue weighted by atomic mass is 10.3. The van der Waals surface area contributed by atoms with Crippen molar-refractivity contribution in [1.82, 2.24) is 5.32 Å². The second-order valence-corrected chi connectivity index (χ2v) is 4.92. The molecular formula is C9H6BrN3S. The zero-order valence-corrected chi connectivity index (χ0v) is 9.52. The normalized spacial score (nSPS) is 8.50. The Hall–Kier alpha value is -1.30. The monoisotopic (exact) mass is 267 g/mol. The summed E-state index contributed by atoms with van der Waals surface area (Å²) in [6, 6.07) is 7.49. The Morgan fingerprint density at radius 1 is 1.50 bits per heavy atom. The number of nitrogens with zero attached hydrogens (tertiary/aromatic N) is 2. The maximum absolute atomic E-state index is 8.44. The second kappa shape index (κ2) is 5.43. The van der Waals surface area contributed by atoms with Gasteiger partial charge in [-0.05, 0) is 28.1 Å². The lowest BCUT2D eigenvalue weighted by Gasteiger charge is -1.95. The number of halogens is 1. The summed E-state index contributed by atoms with van der Waals surface area (Å²) in [5, 5.41) is 19.8. The van der Waals surface area contributed by atoms with Crippen LogP contribution < -0.4 is 5.32 Å². The fourth-order valence-electron chi connectivity index (χ4n) is 0.790. The van der Waals surface area contributed by atoms with Gasteiger partial charge in [-0.3, -0.25) is 0 Å². The Labute approximate surface area is 94.4 Å². The Bertz CT molecular complexity index is 406. The number of hydrogen-bond acceptors (Lipinski definition) is 4. The molecule has 0 bridgehead atoms. The van der Waals surface area contributed by atoms with Gasteiger partial charge in [0.05, 0.1) is 3.79 Å². The van der Waals surface area contributed by atoms with Crippen molar-refractivity contribution in [2.45, 2.75) is 6.54 Å². The van der Waals surface area contributed by atoms with Gasteiger partial charge >= 0.3 is 0 Å². The summed E-state index contributed by atoms with van der Waals surface area (Å²) in [5.41, 5.74) is 0.0839. The van der Waals surface area contributed by atoms with Crippen LogP contribution in [0.15, 0.2) is 27.7 Å². The molecule has 0 unspecified atom stereocenters. The Balaban J connectivity index is 2.47. The predicted molar refractivity (Wildman–Crippen MR) is 58.2 cm³/mol. The quantitative estimate of drug-likeness (QED) is 0.857. The summed E-state index contributed by atoms with van der Waals surface area (Å²) in [4.78, 5) is 1.14. The lowest BCUT2D eigenvalue weighted by molar-refractivity contribution is 0.883. The maximum Gasteiger partial charge on any atom is 0.145 e. The van der Waals surface area contributed by atoms with Crippen molar-refractivity contribution in [2.75, 3.05) is 0 Å². The average molecular weight is 268 g/mol. The van der Waals surface area contributed by atoms with Gasteiger partial charge in [0.2, 0.25) is 0 Å². The molecule has 0 aliphatic rings. The molecule has 0 saturated carbocycles. The van der Waals surface area contributed by atoms with Crippen molar-refractivity contribution in [3.05, 3.63) is 32.6 Å². The van der Waals surface area contributed by atoms with Crippen LogP contribution in [0.25, 0.3) is 0 Å². The van der Waals surface area contributed by atoms with Gasteiger partial charge in [0.1, 0.15) is 17.7 Å². The highest BCUT2D eigenvalue weighted by atomic mass is 79.9. The first-order chi connectivity index (χ1) is 6.76. The van der Waals surface area contributed by atoms with E-state index >= 15 is 0 Å². The van der Waals surface area contributed by atoms with Crippen LogP contribution in [0.2, 0.25) is 0 Å². The van der Waals surface area contributed by atoms with E-state index in [9.17, 15) is 0 Å². The van der Waals surface area contributed by atoms with E-state index in [1.807, 2.05) is 12.1 Å². The van der Waals surface area contributed by atoms with Gasteiger partial charge in [0.25, 0.3) is 0 Å². The topological polar surface area (TPSA) is 59.6 Å². The van der Waals surface area contributed by atoms with E-state index in [0.29, 0.717) is 6.54 Å². The molecular weight excluding hydrogens is 262 g/mol. The summed E-state index contributed by atoms with van der Waals surface area (Å²) < 4.78 is 1.07. The molecule has 1 N–H and O–H groups in total. The van der Waals surface area contributed by atoms with Crippen molar-refractivity contribution < 1.29 is 0 Å². The third kappa shape index (κ3) is 3.21. The minimum Gasteiger partial charge on any atom is -0.384 e. The van der Waals surface area contributed by atoms with E-state index in [4.69, 9.17) is 10.5 Å². The van der Waals surface area contributed by atoms with Crippen molar-refractivity contribution >= 4 is 27.3 Å². The van der Waals surface area contributed by atoms with Crippen LogP contribution in [-0.4, -0.2) is 0 Å². The van der Waals surface area contributed by atoms with Crippen LogP contribution in [0, 0.1) is 22.7 Å². The maximum atomic E-state index is 8.44. The van der Waals surface area contributed by atoms with Crippen LogP contribution in [0.4, 0.5) is 0 Å². The van der Waals surface area contributed by atoms with Gasteiger partial charge in [-0.1, -0.05) is 0 Å². The minimum absolute atomic E-state index is 0.0839. The molecule has 1 rings (SSSR count). The Morgan fingerprint density at radius 3 is 2.71 bits per heavy atom. The van der Waals surface area contributed by atoms with Crippen molar-refractivity contribution in [1.29, 1.82) is 10.5 Å². The molecule has 0 aromatic carbocycles. The fourth-order valence-corrected chi connectivity index (χ4v) is 2.22. The molecule has 0 fully saturated rings. The molecule has 0 atom stereocenters. The van der Waals surface area contributed by atoms with E-state index in [2.05, 4.69) is 21.2 Å². The highest BCUT2D eigenvalue weighted by molar-refractivity contribution is 9.11. The average Bonchev–Trinajstić information content (AvgIpc) is 2.59.